The van der Waals surface area contributed by atoms with E-state index >= 15 is 0 Å². The number of allylic oxidation sites excluding steroid dienone is 1. The molecule has 1 saturated heterocycles. The fourth-order valence-corrected chi connectivity index (χ4v) is 6.35. The second-order valence-electron chi connectivity index (χ2n) is 8.85. The van der Waals surface area contributed by atoms with E-state index in [4.69, 9.17) is 0 Å². The van der Waals surface area contributed by atoms with Gasteiger partial charge in [-0.2, -0.15) is 0 Å². The lowest BCUT2D eigenvalue weighted by atomic mass is 9.79. The number of hydrogen-bond acceptors (Lipinski definition) is 1. The molecule has 1 aromatic carbocycles. The van der Waals surface area contributed by atoms with Crippen molar-refractivity contribution >= 4 is 16.4 Å². The third-order valence-corrected chi connectivity index (χ3v) is 7.96. The Morgan fingerprint density at radius 2 is 1.52 bits per heavy atom. The third kappa shape index (κ3) is 3.65. The Bertz CT molecular complexity index is 667. The number of fused-ring (bicyclic) bond motifs is 2. The van der Waals surface area contributed by atoms with E-state index in [1.807, 2.05) is 0 Å². The smallest absolute Gasteiger partial charge is 0.0536 e. The molecule has 0 spiro atoms. The van der Waals surface area contributed by atoms with Gasteiger partial charge in [-0.1, -0.05) is 66.2 Å². The van der Waals surface area contributed by atoms with Crippen LogP contribution in [-0.4, -0.2) is 14.7 Å². The second kappa shape index (κ2) is 7.39. The van der Waals surface area contributed by atoms with Crippen LogP contribution in [0.2, 0.25) is 0 Å². The Labute approximate surface area is 156 Å². The molecule has 138 valence electrons. The summed E-state index contributed by atoms with van der Waals surface area (Å²) in [5.74, 6) is 1.58. The summed E-state index contributed by atoms with van der Waals surface area (Å²) in [5, 5.41) is 0.663. The molecule has 0 saturated carbocycles. The number of hydrogen-bond donors (Lipinski definition) is 0. The predicted octanol–water partition coefficient (Wildman–Crippen LogP) is 6.51. The van der Waals surface area contributed by atoms with Crippen LogP contribution in [-0.2, 0) is 10.8 Å². The normalized spacial score (nSPS) is 26.4. The van der Waals surface area contributed by atoms with Crippen LogP contribution in [0.4, 0.5) is 0 Å². The van der Waals surface area contributed by atoms with Gasteiger partial charge in [-0.25, -0.2) is 0 Å². The molecule has 1 fully saturated rings. The molecule has 2 aliphatic heterocycles. The van der Waals surface area contributed by atoms with Gasteiger partial charge in [0.05, 0.1) is 5.25 Å². The van der Waals surface area contributed by atoms with Crippen molar-refractivity contribution in [2.24, 2.45) is 0 Å². The molecule has 2 bridgehead atoms. The van der Waals surface area contributed by atoms with E-state index in [2.05, 4.69) is 59.8 Å². The molecular weight excluding hydrogens is 324 g/mol. The van der Waals surface area contributed by atoms with Crippen LogP contribution in [0.1, 0.15) is 107 Å². The van der Waals surface area contributed by atoms with Crippen LogP contribution in [0.5, 0.6) is 0 Å². The maximum atomic E-state index is 12.6. The zero-order valence-electron chi connectivity index (χ0n) is 16.8. The van der Waals surface area contributed by atoms with E-state index < -0.39 is 10.8 Å². The van der Waals surface area contributed by atoms with Gasteiger partial charge in [0.15, 0.2) is 0 Å². The lowest BCUT2D eigenvalue weighted by Gasteiger charge is -2.35. The van der Waals surface area contributed by atoms with Crippen molar-refractivity contribution < 1.29 is 4.21 Å². The van der Waals surface area contributed by atoms with Crippen molar-refractivity contribution in [2.45, 2.75) is 95.5 Å². The fourth-order valence-electron chi connectivity index (χ4n) is 4.41. The van der Waals surface area contributed by atoms with E-state index in [-0.39, 0.29) is 5.25 Å². The van der Waals surface area contributed by atoms with Gasteiger partial charge >= 0.3 is 0 Å². The highest BCUT2D eigenvalue weighted by molar-refractivity contribution is 7.86. The summed E-state index contributed by atoms with van der Waals surface area (Å²) >= 11 is 0. The molecule has 3 unspecified atom stereocenters. The van der Waals surface area contributed by atoms with Gasteiger partial charge in [-0.15, -0.1) is 0 Å². The van der Waals surface area contributed by atoms with Crippen LogP contribution in [0.15, 0.2) is 18.2 Å². The van der Waals surface area contributed by atoms with E-state index in [0.717, 1.165) is 19.3 Å². The summed E-state index contributed by atoms with van der Waals surface area (Å²) in [4.78, 5) is 0. The van der Waals surface area contributed by atoms with Crippen LogP contribution < -0.4 is 0 Å². The molecule has 0 N–H and O–H groups in total. The molecule has 0 aliphatic carbocycles. The van der Waals surface area contributed by atoms with E-state index in [9.17, 15) is 4.21 Å². The molecule has 25 heavy (non-hydrogen) atoms. The maximum Gasteiger partial charge on any atom is 0.0536 e. The summed E-state index contributed by atoms with van der Waals surface area (Å²) in [6.07, 6.45) is 6.87. The molecule has 0 aromatic heterocycles. The first-order valence-corrected chi connectivity index (χ1v) is 11.3. The van der Waals surface area contributed by atoms with Gasteiger partial charge in [-0.05, 0) is 64.8 Å². The Kier molecular flexibility index (Phi) is 5.58. The highest BCUT2D eigenvalue weighted by Crippen LogP contribution is 2.43. The summed E-state index contributed by atoms with van der Waals surface area (Å²) in [7, 11) is -0.653. The average Bonchev–Trinajstić information content (AvgIpc) is 2.53. The van der Waals surface area contributed by atoms with E-state index in [1.165, 1.54) is 34.2 Å². The van der Waals surface area contributed by atoms with Crippen LogP contribution in [0, 0.1) is 0 Å². The summed E-state index contributed by atoms with van der Waals surface area (Å²) in [5.41, 5.74) is 7.41. The van der Waals surface area contributed by atoms with Crippen molar-refractivity contribution in [1.82, 2.24) is 0 Å². The number of rotatable bonds is 4. The molecule has 2 heterocycles. The lowest BCUT2D eigenvalue weighted by molar-refractivity contribution is 0.579. The lowest BCUT2D eigenvalue weighted by Crippen LogP contribution is -2.34. The monoisotopic (exact) mass is 358 g/mol. The van der Waals surface area contributed by atoms with Gasteiger partial charge in [0, 0.05) is 16.0 Å². The first-order chi connectivity index (χ1) is 11.8. The van der Waals surface area contributed by atoms with Crippen LogP contribution in [0.25, 0.3) is 5.57 Å². The average molecular weight is 359 g/mol. The molecule has 0 radical (unpaired) electrons. The Hall–Kier alpha value is -0.890. The molecule has 1 aromatic rings. The highest BCUT2D eigenvalue weighted by atomic mass is 32.2. The first kappa shape index (κ1) is 18.9. The Balaban J connectivity index is 2.19. The molecule has 1 nitrogen and oxygen atoms in total. The summed E-state index contributed by atoms with van der Waals surface area (Å²) < 4.78 is 12.6. The standard InChI is InChI=1S/C23H34OS/c1-14(2)17-12-21(15(3)4)23(22(13-17)16(5)6)18-10-19-8-7-9-20(11-18)25(19)24/h10,12-16,19-20H,7-9,11H2,1-6H3. The Morgan fingerprint density at radius 3 is 2.00 bits per heavy atom. The molecule has 0 amide bonds. The topological polar surface area (TPSA) is 17.1 Å². The molecule has 3 rings (SSSR count). The zero-order valence-corrected chi connectivity index (χ0v) is 17.6. The van der Waals surface area contributed by atoms with Gasteiger partial charge < -0.3 is 0 Å². The summed E-state index contributed by atoms with van der Waals surface area (Å²) in [6.45, 7) is 13.8. The van der Waals surface area contributed by atoms with Gasteiger partial charge in [0.25, 0.3) is 0 Å². The van der Waals surface area contributed by atoms with Crippen molar-refractivity contribution in [1.29, 1.82) is 0 Å². The van der Waals surface area contributed by atoms with E-state index in [0.29, 0.717) is 23.0 Å². The van der Waals surface area contributed by atoms with Crippen LogP contribution in [0.3, 0.4) is 0 Å². The van der Waals surface area contributed by atoms with Gasteiger partial charge in [0.1, 0.15) is 0 Å². The summed E-state index contributed by atoms with van der Waals surface area (Å²) in [6, 6.07) is 4.89. The minimum Gasteiger partial charge on any atom is -0.259 e. The SMILES string of the molecule is CC(C)c1cc(C(C)C)c(C2=CC3CCCC(C2)S3=O)c(C(C)C)c1. The Morgan fingerprint density at radius 1 is 0.920 bits per heavy atom. The first-order valence-electron chi connectivity index (χ1n) is 10.1. The quantitative estimate of drug-likeness (QED) is 0.599. The van der Waals surface area contributed by atoms with Crippen molar-refractivity contribution in [2.75, 3.05) is 0 Å². The van der Waals surface area contributed by atoms with Gasteiger partial charge in [-0.3, -0.25) is 4.21 Å². The van der Waals surface area contributed by atoms with Crippen molar-refractivity contribution in [3.05, 3.63) is 40.5 Å². The van der Waals surface area contributed by atoms with Gasteiger partial charge in [0.2, 0.25) is 0 Å². The molecular formula is C23H34OS. The van der Waals surface area contributed by atoms with E-state index in [1.54, 1.807) is 0 Å². The maximum absolute atomic E-state index is 12.6. The minimum absolute atomic E-state index is 0.285. The molecule has 3 atom stereocenters. The van der Waals surface area contributed by atoms with Crippen LogP contribution >= 0.6 is 0 Å². The molecule has 2 aliphatic rings. The second-order valence-corrected chi connectivity index (χ2v) is 10.8. The highest BCUT2D eigenvalue weighted by Gasteiger charge is 2.35. The minimum atomic E-state index is -0.653. The predicted molar refractivity (Wildman–Crippen MR) is 111 cm³/mol. The van der Waals surface area contributed by atoms with Crippen molar-refractivity contribution in [3.63, 3.8) is 0 Å². The third-order valence-electron chi connectivity index (χ3n) is 5.93. The zero-order chi connectivity index (χ0) is 18.3. The molecule has 2 heteroatoms. The largest absolute Gasteiger partial charge is 0.259 e. The van der Waals surface area contributed by atoms with Crippen molar-refractivity contribution in [3.8, 4) is 0 Å². The number of benzene rings is 1. The fraction of sp³-hybridized carbons (Fsp3) is 0.652.